The molecular formula is C9H13N3O3. The van der Waals surface area contributed by atoms with Crippen molar-refractivity contribution < 1.29 is 9.53 Å². The molecule has 0 fully saturated rings. The normalized spacial score (nSPS) is 9.80. The maximum Gasteiger partial charge on any atom is 0.325 e. The van der Waals surface area contributed by atoms with E-state index >= 15 is 0 Å². The lowest BCUT2D eigenvalue weighted by molar-refractivity contribution is -0.138. The number of aromatic nitrogens is 2. The van der Waals surface area contributed by atoms with E-state index in [1.165, 1.54) is 13.2 Å². The molecule has 1 rings (SSSR count). The van der Waals surface area contributed by atoms with Gasteiger partial charge in [-0.15, -0.1) is 0 Å². The molecule has 0 aliphatic carbocycles. The highest BCUT2D eigenvalue weighted by molar-refractivity contribution is 5.74. The maximum atomic E-state index is 11.1. The van der Waals surface area contributed by atoms with Gasteiger partial charge < -0.3 is 14.6 Å². The monoisotopic (exact) mass is 211 g/mol. The molecule has 0 bridgehead atoms. The lowest BCUT2D eigenvalue weighted by Gasteiger charge is -2.16. The second-order valence-corrected chi connectivity index (χ2v) is 3.12. The Morgan fingerprint density at radius 2 is 2.33 bits per heavy atom. The number of carbonyl (C=O) groups excluding carboxylic acids is 1. The Morgan fingerprint density at radius 1 is 1.67 bits per heavy atom. The first-order valence-corrected chi connectivity index (χ1v) is 4.39. The van der Waals surface area contributed by atoms with Crippen molar-refractivity contribution in [2.75, 3.05) is 25.6 Å². The van der Waals surface area contributed by atoms with Crippen LogP contribution in [0.5, 0.6) is 0 Å². The van der Waals surface area contributed by atoms with Crippen LogP contribution in [0.4, 0.5) is 5.82 Å². The zero-order valence-electron chi connectivity index (χ0n) is 8.90. The average Bonchev–Trinajstić information content (AvgIpc) is 2.16. The van der Waals surface area contributed by atoms with E-state index in [4.69, 9.17) is 0 Å². The summed E-state index contributed by atoms with van der Waals surface area (Å²) in [7, 11) is 2.98. The Bertz CT molecular complexity index is 413. The average molecular weight is 211 g/mol. The number of anilines is 1. The number of carbonyl (C=O) groups is 1. The molecule has 6 nitrogen and oxygen atoms in total. The molecule has 1 aromatic rings. The van der Waals surface area contributed by atoms with Crippen LogP contribution in [0, 0.1) is 6.92 Å². The van der Waals surface area contributed by atoms with Gasteiger partial charge in [-0.3, -0.25) is 9.59 Å². The topological polar surface area (TPSA) is 75.3 Å². The number of H-pyrrole nitrogens is 1. The number of hydrogen-bond donors (Lipinski definition) is 1. The fourth-order valence-corrected chi connectivity index (χ4v) is 1.10. The fourth-order valence-electron chi connectivity index (χ4n) is 1.10. The summed E-state index contributed by atoms with van der Waals surface area (Å²) in [4.78, 5) is 30.3. The van der Waals surface area contributed by atoms with Crippen LogP contribution in [0.1, 0.15) is 5.82 Å². The number of aryl methyl sites for hydroxylation is 1. The van der Waals surface area contributed by atoms with Crippen LogP contribution in [-0.4, -0.2) is 36.6 Å². The van der Waals surface area contributed by atoms with Crippen molar-refractivity contribution in [3.8, 4) is 0 Å². The van der Waals surface area contributed by atoms with Gasteiger partial charge in [0.1, 0.15) is 18.2 Å². The Hall–Kier alpha value is -1.85. The van der Waals surface area contributed by atoms with E-state index < -0.39 is 0 Å². The molecule has 0 aliphatic heterocycles. The predicted molar refractivity (Wildman–Crippen MR) is 54.9 cm³/mol. The van der Waals surface area contributed by atoms with Gasteiger partial charge in [-0.25, -0.2) is 4.98 Å². The third kappa shape index (κ3) is 3.08. The third-order valence-corrected chi connectivity index (χ3v) is 1.83. The fraction of sp³-hybridized carbons (Fsp3) is 0.444. The second-order valence-electron chi connectivity index (χ2n) is 3.12. The van der Waals surface area contributed by atoms with Crippen molar-refractivity contribution in [1.82, 2.24) is 9.97 Å². The van der Waals surface area contributed by atoms with Crippen LogP contribution >= 0.6 is 0 Å². The minimum absolute atomic E-state index is 0.0619. The number of aromatic amines is 1. The lowest BCUT2D eigenvalue weighted by Crippen LogP contribution is -2.28. The van der Waals surface area contributed by atoms with Crippen LogP contribution in [0.3, 0.4) is 0 Å². The third-order valence-electron chi connectivity index (χ3n) is 1.83. The molecule has 0 saturated heterocycles. The maximum absolute atomic E-state index is 11.1. The molecule has 1 aromatic heterocycles. The molecule has 1 heterocycles. The van der Waals surface area contributed by atoms with Crippen molar-refractivity contribution in [2.45, 2.75) is 6.92 Å². The first kappa shape index (κ1) is 11.2. The van der Waals surface area contributed by atoms with E-state index in [-0.39, 0.29) is 18.1 Å². The summed E-state index contributed by atoms with van der Waals surface area (Å²) in [5, 5.41) is 0. The number of likely N-dealkylation sites (N-methyl/N-ethyl adjacent to an activating group) is 1. The van der Waals surface area contributed by atoms with Gasteiger partial charge in [0.15, 0.2) is 0 Å². The summed E-state index contributed by atoms with van der Waals surface area (Å²) >= 11 is 0. The van der Waals surface area contributed by atoms with E-state index in [1.54, 1.807) is 18.9 Å². The Morgan fingerprint density at radius 3 is 2.87 bits per heavy atom. The van der Waals surface area contributed by atoms with Crippen LogP contribution in [0.2, 0.25) is 0 Å². The van der Waals surface area contributed by atoms with Crippen molar-refractivity contribution in [2.24, 2.45) is 0 Å². The summed E-state index contributed by atoms with van der Waals surface area (Å²) in [5.74, 6) is 0.577. The number of nitrogens with one attached hydrogen (secondary N) is 1. The molecule has 0 amide bonds. The minimum Gasteiger partial charge on any atom is -0.468 e. The largest absolute Gasteiger partial charge is 0.468 e. The molecule has 0 aliphatic rings. The number of nitrogens with zero attached hydrogens (tertiary/aromatic N) is 2. The standard InChI is InChI=1S/C9H13N3O3/c1-6-10-7(4-8(13)11-6)12(2)5-9(14)15-3/h4H,5H2,1-3H3,(H,10,11,13). The quantitative estimate of drug-likeness (QED) is 0.694. The highest BCUT2D eigenvalue weighted by atomic mass is 16.5. The highest BCUT2D eigenvalue weighted by Gasteiger charge is 2.09. The van der Waals surface area contributed by atoms with E-state index in [9.17, 15) is 9.59 Å². The molecule has 0 atom stereocenters. The van der Waals surface area contributed by atoms with Crippen molar-refractivity contribution >= 4 is 11.8 Å². The zero-order valence-corrected chi connectivity index (χ0v) is 8.90. The van der Waals surface area contributed by atoms with Gasteiger partial charge in [0.25, 0.3) is 5.56 Å². The van der Waals surface area contributed by atoms with Gasteiger partial charge in [0.05, 0.1) is 7.11 Å². The molecule has 15 heavy (non-hydrogen) atoms. The van der Waals surface area contributed by atoms with Crippen LogP contribution < -0.4 is 10.5 Å². The number of rotatable bonds is 3. The Balaban J connectivity index is 2.86. The lowest BCUT2D eigenvalue weighted by atomic mass is 10.4. The summed E-state index contributed by atoms with van der Waals surface area (Å²) in [6, 6.07) is 1.33. The summed E-state index contributed by atoms with van der Waals surface area (Å²) < 4.78 is 4.51. The minimum atomic E-state index is -0.378. The molecule has 0 unspecified atom stereocenters. The second kappa shape index (κ2) is 4.59. The number of ether oxygens (including phenoxy) is 1. The van der Waals surface area contributed by atoms with Crippen molar-refractivity contribution in [1.29, 1.82) is 0 Å². The first-order chi connectivity index (χ1) is 7.02. The molecule has 6 heteroatoms. The molecule has 82 valence electrons. The molecule has 0 spiro atoms. The predicted octanol–water partition coefficient (Wildman–Crippen LogP) is -0.312. The van der Waals surface area contributed by atoms with Crippen LogP contribution in [0.25, 0.3) is 0 Å². The van der Waals surface area contributed by atoms with Crippen molar-refractivity contribution in [3.05, 3.63) is 22.2 Å². The van der Waals surface area contributed by atoms with Gasteiger partial charge in [-0.2, -0.15) is 0 Å². The number of methoxy groups -OCH3 is 1. The number of esters is 1. The van der Waals surface area contributed by atoms with E-state index in [2.05, 4.69) is 14.7 Å². The molecule has 0 aromatic carbocycles. The first-order valence-electron chi connectivity index (χ1n) is 4.39. The van der Waals surface area contributed by atoms with E-state index in [0.29, 0.717) is 11.6 Å². The van der Waals surface area contributed by atoms with E-state index in [0.717, 1.165) is 0 Å². The number of hydrogen-bond acceptors (Lipinski definition) is 5. The van der Waals surface area contributed by atoms with Crippen LogP contribution in [0.15, 0.2) is 10.9 Å². The Labute approximate surface area is 86.9 Å². The van der Waals surface area contributed by atoms with E-state index in [1.807, 2.05) is 0 Å². The Kier molecular flexibility index (Phi) is 3.43. The highest BCUT2D eigenvalue weighted by Crippen LogP contribution is 2.04. The summed E-state index contributed by atoms with van der Waals surface area (Å²) in [5.41, 5.74) is -0.241. The zero-order chi connectivity index (χ0) is 11.4. The van der Waals surface area contributed by atoms with Gasteiger partial charge in [-0.1, -0.05) is 0 Å². The van der Waals surface area contributed by atoms with Crippen LogP contribution in [-0.2, 0) is 9.53 Å². The summed E-state index contributed by atoms with van der Waals surface area (Å²) in [6.07, 6.45) is 0. The van der Waals surface area contributed by atoms with Crippen molar-refractivity contribution in [3.63, 3.8) is 0 Å². The van der Waals surface area contributed by atoms with Gasteiger partial charge in [-0.05, 0) is 6.92 Å². The molecule has 0 saturated carbocycles. The smallest absolute Gasteiger partial charge is 0.325 e. The SMILES string of the molecule is COC(=O)CN(C)c1cc(=O)[nH]c(C)n1. The summed E-state index contributed by atoms with van der Waals surface area (Å²) in [6.45, 7) is 1.74. The molecular weight excluding hydrogens is 198 g/mol. The molecule has 1 N–H and O–H groups in total. The van der Waals surface area contributed by atoms with Gasteiger partial charge >= 0.3 is 5.97 Å². The van der Waals surface area contributed by atoms with Gasteiger partial charge in [0.2, 0.25) is 0 Å². The molecule has 0 radical (unpaired) electrons. The van der Waals surface area contributed by atoms with Gasteiger partial charge in [0, 0.05) is 13.1 Å².